The van der Waals surface area contributed by atoms with Crippen LogP contribution in [0.2, 0.25) is 0 Å². The van der Waals surface area contributed by atoms with Gasteiger partial charge >= 0.3 is 7.57 Å². The smallest absolute Gasteiger partial charge is 0.0511 e. The van der Waals surface area contributed by atoms with Crippen LogP contribution in [0.3, 0.4) is 0 Å². The van der Waals surface area contributed by atoms with Gasteiger partial charge in [-0.25, -0.2) is 0 Å². The van der Waals surface area contributed by atoms with Crippen molar-refractivity contribution < 1.29 is 0 Å². The van der Waals surface area contributed by atoms with Crippen LogP contribution in [0.25, 0.3) is 0 Å². The summed E-state index contributed by atoms with van der Waals surface area (Å²) in [6.07, 6.45) is 0. The van der Waals surface area contributed by atoms with Gasteiger partial charge in [0.2, 0.25) is 0 Å². The van der Waals surface area contributed by atoms with Gasteiger partial charge < -0.3 is 0 Å². The molecule has 0 N–H and O–H groups in total. The predicted molar refractivity (Wildman–Crippen MR) is 39.7 cm³/mol. The van der Waals surface area contributed by atoms with Crippen LogP contribution in [-0.2, 0) is 0 Å². The highest BCUT2D eigenvalue weighted by Crippen LogP contribution is 2.40. The second-order valence-corrected chi connectivity index (χ2v) is 5.80. The van der Waals surface area contributed by atoms with E-state index in [1.54, 1.807) is 0 Å². The molecule has 0 amide bonds. The van der Waals surface area contributed by atoms with Crippen molar-refractivity contribution in [2.75, 3.05) is 6.66 Å². The molecule has 0 aliphatic rings. The fraction of sp³-hybridized carbons (Fsp3) is 1.00. The van der Waals surface area contributed by atoms with Gasteiger partial charge in [0, 0.05) is 6.66 Å². The van der Waals surface area contributed by atoms with E-state index in [1.807, 2.05) is 0 Å². The topological polar surface area (TPSA) is 0 Å². The zero-order valence-corrected chi connectivity index (χ0v) is 6.58. The van der Waals surface area contributed by atoms with Crippen molar-refractivity contribution in [1.29, 1.82) is 0 Å². The Bertz CT molecular complexity index is 53.6. The van der Waals surface area contributed by atoms with Crippen molar-refractivity contribution in [3.05, 3.63) is 0 Å². The summed E-state index contributed by atoms with van der Waals surface area (Å²) in [4.78, 5) is 0. The Kier molecular flexibility index (Phi) is 2.33. The first kappa shape index (κ1) is 7.49. The highest BCUT2D eigenvalue weighted by Gasteiger charge is 2.20. The summed E-state index contributed by atoms with van der Waals surface area (Å²) in [6, 6.07) is 0. The molecular weight excluding hydrogens is 102 g/mol. The summed E-state index contributed by atoms with van der Waals surface area (Å²) in [6.45, 7) is 8.68. The molecule has 7 heavy (non-hydrogen) atoms. The van der Waals surface area contributed by atoms with E-state index < -0.39 is 7.80 Å². The van der Waals surface area contributed by atoms with E-state index in [4.69, 9.17) is 7.57 Å². The quantitative estimate of drug-likeness (QED) is 0.333. The Morgan fingerprint density at radius 3 is 1.43 bits per heavy atom. The van der Waals surface area contributed by atoms with Gasteiger partial charge in [-0.15, -0.1) is 0 Å². The standard InChI is InChI=1S/C5H13BP/c1-5(2,3)7(4)6/h7H,1-4H3/q+1. The molecule has 40 valence electrons. The molecule has 0 aliphatic carbocycles. The van der Waals surface area contributed by atoms with Crippen LogP contribution >= 0.6 is 7.80 Å². The third-order valence-electron chi connectivity index (χ3n) is 1.18. The molecule has 1 atom stereocenters. The highest BCUT2D eigenvalue weighted by atomic mass is 31.1. The Morgan fingerprint density at radius 1 is 1.29 bits per heavy atom. The number of hydrogen-bond acceptors (Lipinski definition) is 0. The molecule has 0 fully saturated rings. The van der Waals surface area contributed by atoms with Gasteiger partial charge in [-0.3, -0.25) is 0 Å². The minimum atomic E-state index is -0.550. The Hall–Kier alpha value is 0.495. The van der Waals surface area contributed by atoms with E-state index >= 15 is 0 Å². The molecule has 0 bridgehead atoms. The molecule has 0 aliphatic heterocycles. The maximum absolute atomic E-state index is 5.67. The average Bonchev–Trinajstić information content (AvgIpc) is 1.31. The lowest BCUT2D eigenvalue weighted by Gasteiger charge is -2.15. The van der Waals surface area contributed by atoms with Gasteiger partial charge in [0.05, 0.1) is 5.16 Å². The van der Waals surface area contributed by atoms with E-state index in [1.165, 1.54) is 0 Å². The largest absolute Gasteiger partial charge is 0.362 e. The van der Waals surface area contributed by atoms with Gasteiger partial charge in [0.15, 0.2) is 0 Å². The average molecular weight is 115 g/mol. The van der Waals surface area contributed by atoms with Gasteiger partial charge in [-0.1, -0.05) is 7.80 Å². The molecule has 0 heterocycles. The SMILES string of the molecule is [B][PH+](C)C(C)(C)C. The van der Waals surface area contributed by atoms with Gasteiger partial charge in [0.25, 0.3) is 0 Å². The molecule has 0 spiro atoms. The highest BCUT2D eigenvalue weighted by molar-refractivity contribution is 7.82. The van der Waals surface area contributed by atoms with E-state index in [0.29, 0.717) is 5.16 Å². The lowest BCUT2D eigenvalue weighted by molar-refractivity contribution is 0.794. The van der Waals surface area contributed by atoms with Crippen LogP contribution in [-0.4, -0.2) is 19.4 Å². The lowest BCUT2D eigenvalue weighted by Crippen LogP contribution is -2.09. The molecule has 0 aromatic rings. The Labute approximate surface area is 48.8 Å². The van der Waals surface area contributed by atoms with Crippen molar-refractivity contribution in [2.45, 2.75) is 25.9 Å². The zero-order chi connectivity index (χ0) is 6.08. The summed E-state index contributed by atoms with van der Waals surface area (Å²) in [5.74, 6) is 0. The van der Waals surface area contributed by atoms with Gasteiger partial charge in [-0.2, -0.15) is 0 Å². The lowest BCUT2D eigenvalue weighted by atomic mass is 10.3. The van der Waals surface area contributed by atoms with Gasteiger partial charge in [0.1, 0.15) is 0 Å². The Balaban J connectivity index is 3.54. The summed E-state index contributed by atoms with van der Waals surface area (Å²) in [5, 5.41) is 0.380. The first-order valence-corrected chi connectivity index (χ1v) is 4.62. The molecule has 2 radical (unpaired) electrons. The maximum atomic E-state index is 5.67. The van der Waals surface area contributed by atoms with Crippen LogP contribution in [0.15, 0.2) is 0 Å². The van der Waals surface area contributed by atoms with Crippen LogP contribution in [0.1, 0.15) is 20.8 Å². The minimum absolute atomic E-state index is 0.380. The minimum Gasteiger partial charge on any atom is -0.0511 e. The fourth-order valence-corrected chi connectivity index (χ4v) is 0. The third kappa shape index (κ3) is 3.11. The van der Waals surface area contributed by atoms with E-state index in [-0.39, 0.29) is 0 Å². The van der Waals surface area contributed by atoms with Crippen molar-refractivity contribution in [3.8, 4) is 0 Å². The first-order chi connectivity index (χ1) is 2.94. The van der Waals surface area contributed by atoms with Crippen molar-refractivity contribution in [3.63, 3.8) is 0 Å². The molecule has 0 saturated carbocycles. The van der Waals surface area contributed by atoms with Crippen LogP contribution in [0, 0.1) is 0 Å². The van der Waals surface area contributed by atoms with Crippen molar-refractivity contribution >= 4 is 15.4 Å². The predicted octanol–water partition coefficient (Wildman–Crippen LogP) is 1.71. The third-order valence-corrected chi connectivity index (χ3v) is 3.55. The number of rotatable bonds is 0. The monoisotopic (exact) mass is 115 g/mol. The molecule has 0 saturated heterocycles. The molecule has 0 rings (SSSR count). The molecule has 0 aromatic carbocycles. The van der Waals surface area contributed by atoms with Crippen molar-refractivity contribution in [1.82, 2.24) is 0 Å². The van der Waals surface area contributed by atoms with Crippen LogP contribution in [0.5, 0.6) is 0 Å². The fourth-order valence-electron chi connectivity index (χ4n) is 0. The summed E-state index contributed by atoms with van der Waals surface area (Å²) in [5.41, 5.74) is 0. The van der Waals surface area contributed by atoms with Gasteiger partial charge in [-0.05, 0) is 20.8 Å². The molecule has 2 heteroatoms. The summed E-state index contributed by atoms with van der Waals surface area (Å²) >= 11 is 0. The molecule has 0 aromatic heterocycles. The second kappa shape index (κ2) is 2.18. The molecule has 0 nitrogen and oxygen atoms in total. The maximum Gasteiger partial charge on any atom is 0.362 e. The normalized spacial score (nSPS) is 16.6. The van der Waals surface area contributed by atoms with E-state index in [2.05, 4.69) is 27.4 Å². The van der Waals surface area contributed by atoms with Crippen LogP contribution < -0.4 is 0 Å². The first-order valence-electron chi connectivity index (χ1n) is 2.54. The Morgan fingerprint density at radius 2 is 1.43 bits per heavy atom. The van der Waals surface area contributed by atoms with E-state index in [9.17, 15) is 0 Å². The van der Waals surface area contributed by atoms with E-state index in [0.717, 1.165) is 0 Å². The molecular formula is C5H13BP+. The zero-order valence-electron chi connectivity index (χ0n) is 5.58. The second-order valence-electron chi connectivity index (χ2n) is 2.93. The number of hydrogen-bond donors (Lipinski definition) is 0. The summed E-state index contributed by atoms with van der Waals surface area (Å²) < 4.78 is 0. The van der Waals surface area contributed by atoms with Crippen molar-refractivity contribution in [2.24, 2.45) is 0 Å². The summed E-state index contributed by atoms with van der Waals surface area (Å²) in [7, 11) is 5.12. The van der Waals surface area contributed by atoms with Crippen LogP contribution in [0.4, 0.5) is 0 Å². The molecule has 1 unspecified atom stereocenters.